The van der Waals surface area contributed by atoms with Gasteiger partial charge in [-0.15, -0.1) is 0 Å². The van der Waals surface area contributed by atoms with E-state index in [1.54, 1.807) is 25.3 Å². The van der Waals surface area contributed by atoms with Gasteiger partial charge in [0.05, 0.1) is 19.6 Å². The number of ether oxygens (including phenoxy) is 2. The fraction of sp³-hybridized carbons (Fsp3) is 0.167. The molecular formula is C12H13NO4. The largest absolute Gasteiger partial charge is 0.595 e. The van der Waals surface area contributed by atoms with Crippen LogP contribution < -0.4 is 14.7 Å². The Kier molecular flexibility index (Phi) is 3.14. The second kappa shape index (κ2) is 4.58. The molecule has 5 heteroatoms. The SMILES string of the molecule is COc1ccc([NH+]([O-])O)c2c(OC)cccc12. The number of quaternary nitrogens is 1. The molecule has 0 saturated heterocycles. The molecule has 0 heterocycles. The van der Waals surface area contributed by atoms with Gasteiger partial charge in [-0.2, -0.15) is 5.23 Å². The van der Waals surface area contributed by atoms with E-state index in [0.29, 0.717) is 16.9 Å². The van der Waals surface area contributed by atoms with Crippen LogP contribution in [0.25, 0.3) is 10.8 Å². The fourth-order valence-electron chi connectivity index (χ4n) is 1.87. The molecule has 0 aliphatic rings. The zero-order valence-electron chi connectivity index (χ0n) is 9.56. The number of hydrogen-bond donors (Lipinski definition) is 2. The molecule has 0 spiro atoms. The lowest BCUT2D eigenvalue weighted by Gasteiger charge is -2.17. The summed E-state index contributed by atoms with van der Waals surface area (Å²) in [7, 11) is 3.06. The third kappa shape index (κ3) is 1.91. The maximum absolute atomic E-state index is 11.2. The monoisotopic (exact) mass is 235 g/mol. The van der Waals surface area contributed by atoms with Crippen LogP contribution in [0.2, 0.25) is 0 Å². The van der Waals surface area contributed by atoms with Gasteiger partial charge in [-0.05, 0) is 12.1 Å². The van der Waals surface area contributed by atoms with Crippen molar-refractivity contribution in [1.29, 1.82) is 0 Å². The van der Waals surface area contributed by atoms with E-state index in [1.165, 1.54) is 13.2 Å². The van der Waals surface area contributed by atoms with Crippen molar-refractivity contribution in [2.45, 2.75) is 0 Å². The van der Waals surface area contributed by atoms with Gasteiger partial charge >= 0.3 is 0 Å². The maximum atomic E-state index is 11.2. The highest BCUT2D eigenvalue weighted by atomic mass is 16.8. The molecule has 17 heavy (non-hydrogen) atoms. The predicted molar refractivity (Wildman–Crippen MR) is 62.8 cm³/mol. The zero-order chi connectivity index (χ0) is 12.4. The van der Waals surface area contributed by atoms with Crippen molar-refractivity contribution >= 4 is 16.5 Å². The molecule has 0 fully saturated rings. The van der Waals surface area contributed by atoms with E-state index in [9.17, 15) is 10.4 Å². The van der Waals surface area contributed by atoms with E-state index in [4.69, 9.17) is 9.47 Å². The van der Waals surface area contributed by atoms with Crippen LogP contribution in [0.1, 0.15) is 0 Å². The highest BCUT2D eigenvalue weighted by molar-refractivity contribution is 5.99. The molecule has 0 amide bonds. The first-order valence-corrected chi connectivity index (χ1v) is 5.06. The molecule has 2 N–H and O–H groups in total. The van der Waals surface area contributed by atoms with Crippen molar-refractivity contribution in [1.82, 2.24) is 0 Å². The molecule has 2 rings (SSSR count). The molecule has 0 aromatic heterocycles. The highest BCUT2D eigenvalue weighted by Gasteiger charge is 2.15. The van der Waals surface area contributed by atoms with Crippen molar-refractivity contribution in [3.63, 3.8) is 0 Å². The normalized spacial score (nSPS) is 12.5. The van der Waals surface area contributed by atoms with Crippen LogP contribution in [0.5, 0.6) is 11.5 Å². The molecule has 0 aliphatic carbocycles. The third-order valence-corrected chi connectivity index (χ3v) is 2.63. The average Bonchev–Trinajstić information content (AvgIpc) is 2.36. The van der Waals surface area contributed by atoms with E-state index < -0.39 is 5.23 Å². The van der Waals surface area contributed by atoms with E-state index in [-0.39, 0.29) is 5.69 Å². The first-order valence-electron chi connectivity index (χ1n) is 5.06. The maximum Gasteiger partial charge on any atom is 0.175 e. The first kappa shape index (κ1) is 11.7. The smallest absolute Gasteiger partial charge is 0.175 e. The Morgan fingerprint density at radius 1 is 1.06 bits per heavy atom. The van der Waals surface area contributed by atoms with E-state index >= 15 is 0 Å². The Balaban J connectivity index is 2.85. The first-order chi connectivity index (χ1) is 8.19. The van der Waals surface area contributed by atoms with Crippen LogP contribution in [-0.2, 0) is 0 Å². The van der Waals surface area contributed by atoms with Crippen LogP contribution in [0, 0.1) is 5.21 Å². The lowest BCUT2D eigenvalue weighted by atomic mass is 10.1. The quantitative estimate of drug-likeness (QED) is 0.786. The Morgan fingerprint density at radius 3 is 2.35 bits per heavy atom. The summed E-state index contributed by atoms with van der Waals surface area (Å²) in [6, 6.07) is 8.50. The lowest BCUT2D eigenvalue weighted by Crippen LogP contribution is -2.99. The number of rotatable bonds is 3. The molecule has 0 radical (unpaired) electrons. The van der Waals surface area contributed by atoms with Crippen LogP contribution in [0.3, 0.4) is 0 Å². The summed E-state index contributed by atoms with van der Waals surface area (Å²) in [5.41, 5.74) is 0.207. The summed E-state index contributed by atoms with van der Waals surface area (Å²) >= 11 is 0. The standard InChI is InChI=1S/C12H13NO4/c1-16-10-7-6-9(13(14)15)12-8(10)4-3-5-11(12)17-2/h3-7,13-14H,1-2H3. The number of fused-ring (bicyclic) bond motifs is 1. The van der Waals surface area contributed by atoms with Crippen LogP contribution in [-0.4, -0.2) is 19.4 Å². The molecule has 0 saturated carbocycles. The summed E-state index contributed by atoms with van der Waals surface area (Å²) in [4.78, 5) is 0. The number of nitrogens with one attached hydrogen (secondary N) is 1. The van der Waals surface area contributed by atoms with Crippen molar-refractivity contribution in [3.8, 4) is 11.5 Å². The van der Waals surface area contributed by atoms with Crippen molar-refractivity contribution in [2.75, 3.05) is 14.2 Å². The van der Waals surface area contributed by atoms with Gasteiger partial charge in [0.1, 0.15) is 11.5 Å². The summed E-state index contributed by atoms with van der Waals surface area (Å²) in [5.74, 6) is 1.16. The molecule has 5 nitrogen and oxygen atoms in total. The molecule has 0 aliphatic heterocycles. The summed E-state index contributed by atoms with van der Waals surface area (Å²) < 4.78 is 10.4. The fourth-order valence-corrected chi connectivity index (χ4v) is 1.87. The van der Waals surface area contributed by atoms with Gasteiger partial charge < -0.3 is 14.7 Å². The van der Waals surface area contributed by atoms with Crippen LogP contribution in [0.15, 0.2) is 30.3 Å². The summed E-state index contributed by atoms with van der Waals surface area (Å²) in [6.45, 7) is 0. The molecule has 1 atom stereocenters. The van der Waals surface area contributed by atoms with Crippen molar-refractivity contribution in [2.24, 2.45) is 0 Å². The van der Waals surface area contributed by atoms with Gasteiger partial charge in [0.25, 0.3) is 0 Å². The van der Waals surface area contributed by atoms with Crippen LogP contribution >= 0.6 is 0 Å². The van der Waals surface area contributed by atoms with Gasteiger partial charge in [0, 0.05) is 11.5 Å². The number of methoxy groups -OCH3 is 2. The molecule has 1 unspecified atom stereocenters. The lowest BCUT2D eigenvalue weighted by molar-refractivity contribution is -0.990. The van der Waals surface area contributed by atoms with Gasteiger partial charge in [-0.1, -0.05) is 12.1 Å². The van der Waals surface area contributed by atoms with Gasteiger partial charge in [0.2, 0.25) is 0 Å². The molecule has 0 bridgehead atoms. The number of hydrogen-bond acceptors (Lipinski definition) is 4. The zero-order valence-corrected chi connectivity index (χ0v) is 9.56. The van der Waals surface area contributed by atoms with E-state index in [0.717, 1.165) is 5.39 Å². The van der Waals surface area contributed by atoms with Gasteiger partial charge in [-0.3, -0.25) is 0 Å². The second-order valence-corrected chi connectivity index (χ2v) is 3.50. The molecule has 2 aromatic carbocycles. The topological polar surface area (TPSA) is 66.2 Å². The molecule has 90 valence electrons. The minimum atomic E-state index is -0.984. The Bertz CT molecular complexity index is 539. The summed E-state index contributed by atoms with van der Waals surface area (Å²) in [5, 5.41) is 20.7. The Morgan fingerprint density at radius 2 is 1.76 bits per heavy atom. The van der Waals surface area contributed by atoms with Gasteiger partial charge in [-0.25, -0.2) is 5.21 Å². The van der Waals surface area contributed by atoms with Crippen molar-refractivity contribution < 1.29 is 19.9 Å². The van der Waals surface area contributed by atoms with Crippen molar-refractivity contribution in [3.05, 3.63) is 35.5 Å². The van der Waals surface area contributed by atoms with Crippen LogP contribution in [0.4, 0.5) is 5.69 Å². The second-order valence-electron chi connectivity index (χ2n) is 3.50. The Hall–Kier alpha value is -1.82. The van der Waals surface area contributed by atoms with E-state index in [2.05, 4.69) is 0 Å². The molecule has 2 aromatic rings. The molecular weight excluding hydrogens is 222 g/mol. The average molecular weight is 235 g/mol. The minimum absolute atomic E-state index is 0.207. The highest BCUT2D eigenvalue weighted by Crippen LogP contribution is 2.35. The minimum Gasteiger partial charge on any atom is -0.595 e. The van der Waals surface area contributed by atoms with Gasteiger partial charge in [0.15, 0.2) is 5.69 Å². The van der Waals surface area contributed by atoms with E-state index in [1.807, 2.05) is 6.07 Å². The number of benzene rings is 2. The Labute approximate surface area is 98.3 Å². The third-order valence-electron chi connectivity index (χ3n) is 2.63. The predicted octanol–water partition coefficient (Wildman–Crippen LogP) is 1.26. The summed E-state index contributed by atoms with van der Waals surface area (Å²) in [6.07, 6.45) is 0.